The zero-order chi connectivity index (χ0) is 38.4. The van der Waals surface area contributed by atoms with Crippen LogP contribution in [0.1, 0.15) is 122 Å². The quantitative estimate of drug-likeness (QED) is 0.151. The third-order valence-corrected chi connectivity index (χ3v) is 26.5. The Labute approximate surface area is 420 Å². The monoisotopic (exact) mass is 1000 g/mol. The van der Waals surface area contributed by atoms with Crippen LogP contribution in [-0.2, 0) is 52.4 Å². The number of rotatable bonds is 10. The summed E-state index contributed by atoms with van der Waals surface area (Å²) in [7, 11) is -2.99. The molecule has 6 aliphatic rings. The Balaban J connectivity index is -0.000000461. The normalized spacial score (nSPS) is 28.0. The van der Waals surface area contributed by atoms with Crippen molar-refractivity contribution in [1.82, 2.24) is 0 Å². The first kappa shape index (κ1) is 66.7. The minimum absolute atomic E-state index is 0. The van der Waals surface area contributed by atoms with Crippen LogP contribution in [0.25, 0.3) is 0 Å². The van der Waals surface area contributed by atoms with Gasteiger partial charge in [-0.25, -0.2) is 0 Å². The first-order chi connectivity index (χ1) is 24.4. The van der Waals surface area contributed by atoms with Crippen LogP contribution in [0, 0.1) is 103 Å². The van der Waals surface area contributed by atoms with Crippen molar-refractivity contribution in [3.63, 3.8) is 0 Å². The molecule has 0 spiro atoms. The molecule has 6 rings (SSSR count). The predicted octanol–water partition coefficient (Wildman–Crippen LogP) is 18.1. The molecule has 0 radical (unpaired) electrons. The van der Waals surface area contributed by atoms with Crippen molar-refractivity contribution in [3.8, 4) is 0 Å². The largest absolute Gasteiger partial charge is 4.00 e. The molecule has 0 bridgehead atoms. The van der Waals surface area contributed by atoms with Crippen molar-refractivity contribution in [2.45, 2.75) is 159 Å². The molecule has 336 valence electrons. The first-order valence-electron chi connectivity index (χ1n) is 21.5. The van der Waals surface area contributed by atoms with Crippen molar-refractivity contribution in [2.75, 3.05) is 0 Å². The molecule has 0 N–H and O–H groups in total. The maximum Gasteiger partial charge on any atom is 4.00 e. The summed E-state index contributed by atoms with van der Waals surface area (Å²) < 4.78 is 0. The van der Waals surface area contributed by atoms with E-state index in [1.54, 1.807) is 44.6 Å². The van der Waals surface area contributed by atoms with E-state index in [0.717, 1.165) is 46.6 Å². The van der Waals surface area contributed by atoms with Crippen molar-refractivity contribution in [2.24, 2.45) is 47.3 Å². The molecule has 0 amide bonds. The Hall–Kier alpha value is 0.120. The van der Waals surface area contributed by atoms with E-state index in [9.17, 15) is 0 Å². The number of fused-ring (bicyclic) bond motifs is 2. The van der Waals surface area contributed by atoms with Gasteiger partial charge in [0.05, 0.1) is 0 Å². The second-order valence-electron chi connectivity index (χ2n) is 19.5. The minimum atomic E-state index is -1.50. The van der Waals surface area contributed by atoms with Gasteiger partial charge in [0, 0.05) is 0 Å². The average Bonchev–Trinajstić information content (AvgIpc) is 3.79. The Morgan fingerprint density at radius 1 is 0.450 bits per heavy atom. The molecule has 0 aromatic heterocycles. The minimum Gasteiger partial charge on any atom is -0.358 e. The standard InChI is InChI=1S/2C25H39Si.6CH3.2Zr/c2*1-9-12-21-15-24(23-14-11-10-13-22(21)23)26(7,8)20(6)25-18(4)16(2)17(3)19(25)5;;;;;;;;/h2*10-11,13-14,21-25H,9,12,15H2,1-8H3;6*1H3;;/q8*-1;2*+4. The fourth-order valence-corrected chi connectivity index (χ4v) is 20.5. The van der Waals surface area contributed by atoms with Gasteiger partial charge in [0.15, 0.2) is 0 Å². The Bertz CT molecular complexity index is 1430. The number of hydrogen-bond acceptors (Lipinski definition) is 0. The van der Waals surface area contributed by atoms with Crippen LogP contribution < -0.4 is 0 Å². The maximum atomic E-state index is 2.67. The third-order valence-electron chi connectivity index (χ3n) is 16.9. The van der Waals surface area contributed by atoms with Gasteiger partial charge in [-0.2, -0.15) is 13.8 Å². The summed E-state index contributed by atoms with van der Waals surface area (Å²) in [5, 5.41) is 0. The molecule has 0 aromatic carbocycles. The molecule has 0 aliphatic heterocycles. The van der Waals surface area contributed by atoms with Crippen LogP contribution in [0.5, 0.6) is 0 Å². The summed E-state index contributed by atoms with van der Waals surface area (Å²) in [5.74, 6) is 6.18. The SMILES string of the molecule is CCCC1CC([Si](C)(C)[C-](C)C2C(C)=C(C)C(C)=C2C)C2C=CC=CC12.CCCC1CC([Si](C)(C)[C-](C)C2C(C)=C(C)C(C)=C2C)C2C=CC=CC12.[CH3-].[CH3-].[CH3-].[CH3-].[CH3-].[CH3-].[Zr+4].[Zr+4]. The molecule has 4 heteroatoms. The van der Waals surface area contributed by atoms with Crippen molar-refractivity contribution in [3.05, 3.63) is 149 Å². The van der Waals surface area contributed by atoms with E-state index >= 15 is 0 Å². The summed E-state index contributed by atoms with van der Waals surface area (Å²) in [6.07, 6.45) is 27.8. The molecule has 6 aliphatic carbocycles. The molecule has 2 saturated carbocycles. The van der Waals surface area contributed by atoms with E-state index in [2.05, 4.69) is 158 Å². The number of allylic oxidation sites excluding steroid dienone is 16. The van der Waals surface area contributed by atoms with Crippen LogP contribution in [0.15, 0.2) is 93.2 Å². The van der Waals surface area contributed by atoms with Crippen molar-refractivity contribution >= 4 is 16.1 Å². The van der Waals surface area contributed by atoms with E-state index < -0.39 is 16.1 Å². The molecule has 0 saturated heterocycles. The zero-order valence-electron chi connectivity index (χ0n) is 43.6. The van der Waals surface area contributed by atoms with Gasteiger partial charge in [0.2, 0.25) is 0 Å². The van der Waals surface area contributed by atoms with E-state index in [1.807, 2.05) is 11.1 Å². The summed E-state index contributed by atoms with van der Waals surface area (Å²) in [6.45, 7) is 39.3. The van der Waals surface area contributed by atoms with Crippen molar-refractivity contribution < 1.29 is 52.4 Å². The van der Waals surface area contributed by atoms with Crippen LogP contribution in [0.2, 0.25) is 37.3 Å². The zero-order valence-corrected chi connectivity index (χ0v) is 50.6. The Kier molecular flexibility index (Phi) is 29.9. The molecule has 60 heavy (non-hydrogen) atoms. The van der Waals surface area contributed by atoms with Crippen LogP contribution >= 0.6 is 0 Å². The van der Waals surface area contributed by atoms with Crippen molar-refractivity contribution in [1.29, 1.82) is 0 Å². The smallest absolute Gasteiger partial charge is 0.358 e. The van der Waals surface area contributed by atoms with E-state index in [-0.39, 0.29) is 97.0 Å². The molecule has 0 aromatic rings. The maximum absolute atomic E-state index is 2.67. The van der Waals surface area contributed by atoms with Gasteiger partial charge in [-0.15, -0.1) is 11.8 Å². The van der Waals surface area contributed by atoms with Crippen LogP contribution in [0.3, 0.4) is 0 Å². The van der Waals surface area contributed by atoms with Gasteiger partial charge in [0.25, 0.3) is 0 Å². The van der Waals surface area contributed by atoms with E-state index in [4.69, 9.17) is 0 Å². The summed E-state index contributed by atoms with van der Waals surface area (Å²) in [5.41, 5.74) is 18.1. The first-order valence-corrected chi connectivity index (χ1v) is 27.7. The molecule has 8 atom stereocenters. The van der Waals surface area contributed by atoms with Gasteiger partial charge in [-0.05, 0) is 90.9 Å². The predicted molar refractivity (Wildman–Crippen MR) is 276 cm³/mol. The van der Waals surface area contributed by atoms with E-state index in [1.165, 1.54) is 38.5 Å². The van der Waals surface area contributed by atoms with Gasteiger partial charge in [-0.3, -0.25) is 0 Å². The topological polar surface area (TPSA) is 0 Å². The molecular formula is C56H96Si2Zr2. The van der Waals surface area contributed by atoms with Gasteiger partial charge >= 0.3 is 52.4 Å². The van der Waals surface area contributed by atoms with Crippen LogP contribution in [-0.4, -0.2) is 16.1 Å². The summed E-state index contributed by atoms with van der Waals surface area (Å²) in [6, 6.07) is 0. The molecule has 0 heterocycles. The summed E-state index contributed by atoms with van der Waals surface area (Å²) >= 11 is 0. The second kappa shape index (κ2) is 26.9. The Morgan fingerprint density at radius 2 is 0.683 bits per heavy atom. The second-order valence-corrected chi connectivity index (χ2v) is 29.5. The fourth-order valence-electron chi connectivity index (χ4n) is 12.6. The van der Waals surface area contributed by atoms with Gasteiger partial charge in [0.1, 0.15) is 0 Å². The average molecular weight is 1010 g/mol. The molecule has 8 unspecified atom stereocenters. The molecular weight excluding hydrogens is 911 g/mol. The van der Waals surface area contributed by atoms with E-state index in [0.29, 0.717) is 11.8 Å². The van der Waals surface area contributed by atoms with Crippen LogP contribution in [0.4, 0.5) is 0 Å². The molecule has 0 nitrogen and oxygen atoms in total. The van der Waals surface area contributed by atoms with Gasteiger partial charge < -0.3 is 55.6 Å². The fraction of sp³-hybridized carbons (Fsp3) is 0.571. The number of hydrogen-bond donors (Lipinski definition) is 0. The molecule has 2 fully saturated rings. The van der Waals surface area contributed by atoms with Gasteiger partial charge in [-0.1, -0.05) is 199 Å². The summed E-state index contributed by atoms with van der Waals surface area (Å²) in [4.78, 5) is 0. The third kappa shape index (κ3) is 12.3. The Morgan fingerprint density at radius 3 is 0.917 bits per heavy atom.